The fourth-order valence-electron chi connectivity index (χ4n) is 2.42. The molecule has 0 radical (unpaired) electrons. The molecule has 1 aliphatic rings. The molecule has 19 heavy (non-hydrogen) atoms. The zero-order valence-corrected chi connectivity index (χ0v) is 11.3. The number of benzene rings is 1. The molecule has 4 nitrogen and oxygen atoms in total. The second-order valence-electron chi connectivity index (χ2n) is 4.85. The lowest BCUT2D eigenvalue weighted by atomic mass is 9.96. The second-order valence-corrected chi connectivity index (χ2v) is 5.25. The van der Waals surface area contributed by atoms with Crippen LogP contribution >= 0.6 is 11.6 Å². The molecule has 0 aliphatic carbocycles. The van der Waals surface area contributed by atoms with Crippen molar-refractivity contribution in [1.82, 2.24) is 4.90 Å². The number of hydrogen-bond acceptors (Lipinski definition) is 3. The lowest BCUT2D eigenvalue weighted by Gasteiger charge is -2.32. The molecule has 1 aromatic rings. The highest BCUT2D eigenvalue weighted by Gasteiger charge is 2.23. The predicted molar refractivity (Wildman–Crippen MR) is 72.8 cm³/mol. The van der Waals surface area contributed by atoms with E-state index in [1.54, 1.807) is 12.1 Å². The van der Waals surface area contributed by atoms with Crippen LogP contribution in [0.25, 0.3) is 0 Å². The Hall–Kier alpha value is -1.33. The maximum Gasteiger partial charge on any atom is 0.143 e. The van der Waals surface area contributed by atoms with Crippen molar-refractivity contribution in [3.05, 3.63) is 34.6 Å². The van der Waals surface area contributed by atoms with Gasteiger partial charge in [-0.3, -0.25) is 4.90 Å². The van der Waals surface area contributed by atoms with Gasteiger partial charge in [-0.15, -0.1) is 0 Å². The van der Waals surface area contributed by atoms with E-state index in [9.17, 15) is 4.39 Å². The van der Waals surface area contributed by atoms with Gasteiger partial charge in [-0.05, 0) is 37.1 Å². The fraction of sp³-hybridized carbons (Fsp3) is 0.462. The Kier molecular flexibility index (Phi) is 4.61. The van der Waals surface area contributed by atoms with Crippen LogP contribution in [0.3, 0.4) is 0 Å². The number of nitrogens with two attached hydrogens (primary N) is 1. The molecular weight excluding hydrogens is 269 g/mol. The average Bonchev–Trinajstić information content (AvgIpc) is 2.42. The summed E-state index contributed by atoms with van der Waals surface area (Å²) in [5, 5.41) is 11.9. The molecule has 1 heterocycles. The van der Waals surface area contributed by atoms with E-state index in [0.717, 1.165) is 31.5 Å². The van der Waals surface area contributed by atoms with Crippen LogP contribution in [0.15, 0.2) is 23.4 Å². The van der Waals surface area contributed by atoms with Crippen LogP contribution in [-0.4, -0.2) is 29.0 Å². The standard InChI is InChI=1S/C13H17ClFN3O/c14-11-6-9(3-4-12(11)15)7-18-5-1-2-10(8-18)13(16)17-19/h3-4,6,10,19H,1-2,5,7-8H2,(H2,16,17). The lowest BCUT2D eigenvalue weighted by Crippen LogP contribution is -2.40. The molecule has 3 N–H and O–H groups in total. The summed E-state index contributed by atoms with van der Waals surface area (Å²) in [7, 11) is 0. The van der Waals surface area contributed by atoms with Gasteiger partial charge >= 0.3 is 0 Å². The van der Waals surface area contributed by atoms with Crippen LogP contribution < -0.4 is 5.73 Å². The highest BCUT2D eigenvalue weighted by Crippen LogP contribution is 2.21. The first kappa shape index (κ1) is 14.1. The van der Waals surface area contributed by atoms with E-state index >= 15 is 0 Å². The Balaban J connectivity index is 2.00. The van der Waals surface area contributed by atoms with Crippen molar-refractivity contribution in [3.63, 3.8) is 0 Å². The van der Waals surface area contributed by atoms with Crippen LogP contribution in [0.1, 0.15) is 18.4 Å². The van der Waals surface area contributed by atoms with Gasteiger partial charge in [-0.2, -0.15) is 0 Å². The van der Waals surface area contributed by atoms with E-state index < -0.39 is 5.82 Å². The fourth-order valence-corrected chi connectivity index (χ4v) is 2.62. The van der Waals surface area contributed by atoms with Crippen LogP contribution in [-0.2, 0) is 6.54 Å². The molecule has 0 spiro atoms. The zero-order valence-electron chi connectivity index (χ0n) is 10.5. The normalized spacial score (nSPS) is 21.6. The molecule has 0 saturated carbocycles. The van der Waals surface area contributed by atoms with Crippen molar-refractivity contribution >= 4 is 17.4 Å². The highest BCUT2D eigenvalue weighted by molar-refractivity contribution is 6.30. The number of nitrogens with zero attached hydrogens (tertiary/aromatic N) is 2. The van der Waals surface area contributed by atoms with E-state index in [1.807, 2.05) is 0 Å². The predicted octanol–water partition coefficient (Wildman–Crippen LogP) is 2.44. The average molecular weight is 286 g/mol. The van der Waals surface area contributed by atoms with Crippen LogP contribution in [0.5, 0.6) is 0 Å². The largest absolute Gasteiger partial charge is 0.409 e. The summed E-state index contributed by atoms with van der Waals surface area (Å²) >= 11 is 5.77. The van der Waals surface area contributed by atoms with Gasteiger partial charge in [0, 0.05) is 19.0 Å². The molecule has 1 fully saturated rings. The molecule has 1 aromatic carbocycles. The maximum absolute atomic E-state index is 13.1. The van der Waals surface area contributed by atoms with Gasteiger partial charge in [0.15, 0.2) is 0 Å². The Bertz CT molecular complexity index is 481. The first-order valence-electron chi connectivity index (χ1n) is 6.24. The smallest absolute Gasteiger partial charge is 0.143 e. The third kappa shape index (κ3) is 3.58. The number of piperidine rings is 1. The molecule has 6 heteroatoms. The molecule has 2 rings (SSSR count). The molecule has 1 saturated heterocycles. The minimum atomic E-state index is -0.404. The molecule has 1 atom stereocenters. The van der Waals surface area contributed by atoms with E-state index in [-0.39, 0.29) is 16.8 Å². The molecule has 1 unspecified atom stereocenters. The van der Waals surface area contributed by atoms with Crippen molar-refractivity contribution in [2.75, 3.05) is 13.1 Å². The summed E-state index contributed by atoms with van der Waals surface area (Å²) in [5.41, 5.74) is 6.61. The molecular formula is C13H17ClFN3O. The topological polar surface area (TPSA) is 61.9 Å². The molecule has 0 aromatic heterocycles. The molecule has 0 bridgehead atoms. The SMILES string of the molecule is N/C(=N/O)C1CCCN(Cc2ccc(F)c(Cl)c2)C1. The Morgan fingerprint density at radius 3 is 3.05 bits per heavy atom. The first-order chi connectivity index (χ1) is 9.10. The van der Waals surface area contributed by atoms with E-state index in [1.165, 1.54) is 6.07 Å². The van der Waals surface area contributed by atoms with E-state index in [4.69, 9.17) is 22.5 Å². The summed E-state index contributed by atoms with van der Waals surface area (Å²) in [6.45, 7) is 2.38. The summed E-state index contributed by atoms with van der Waals surface area (Å²) in [6, 6.07) is 4.75. The number of halogens is 2. The van der Waals surface area contributed by atoms with E-state index in [2.05, 4.69) is 10.1 Å². The number of rotatable bonds is 3. The summed E-state index contributed by atoms with van der Waals surface area (Å²) in [4.78, 5) is 2.20. The van der Waals surface area contributed by atoms with Crippen LogP contribution in [0, 0.1) is 11.7 Å². The number of amidine groups is 1. The molecule has 104 valence electrons. The van der Waals surface area contributed by atoms with Crippen LogP contribution in [0.2, 0.25) is 5.02 Å². The van der Waals surface area contributed by atoms with E-state index in [0.29, 0.717) is 6.54 Å². The van der Waals surface area contributed by atoms with Gasteiger partial charge < -0.3 is 10.9 Å². The molecule has 0 amide bonds. The second kappa shape index (κ2) is 6.21. The third-order valence-electron chi connectivity index (χ3n) is 3.43. The monoisotopic (exact) mass is 285 g/mol. The summed E-state index contributed by atoms with van der Waals surface area (Å²) < 4.78 is 13.1. The van der Waals surface area contributed by atoms with Gasteiger partial charge in [0.2, 0.25) is 0 Å². The van der Waals surface area contributed by atoms with Crippen molar-refractivity contribution in [2.45, 2.75) is 19.4 Å². The van der Waals surface area contributed by atoms with Crippen molar-refractivity contribution in [1.29, 1.82) is 0 Å². The summed E-state index contributed by atoms with van der Waals surface area (Å²) in [6.07, 6.45) is 1.92. The lowest BCUT2D eigenvalue weighted by molar-refractivity contribution is 0.193. The van der Waals surface area contributed by atoms with Crippen molar-refractivity contribution < 1.29 is 9.60 Å². The maximum atomic E-state index is 13.1. The van der Waals surface area contributed by atoms with Crippen LogP contribution in [0.4, 0.5) is 4.39 Å². The Morgan fingerprint density at radius 1 is 1.58 bits per heavy atom. The van der Waals surface area contributed by atoms with Gasteiger partial charge in [-0.25, -0.2) is 4.39 Å². The quantitative estimate of drug-likeness (QED) is 0.388. The zero-order chi connectivity index (χ0) is 13.8. The van der Waals surface area contributed by atoms with Gasteiger partial charge in [0.05, 0.1) is 5.02 Å². The van der Waals surface area contributed by atoms with Crippen molar-refractivity contribution in [2.24, 2.45) is 16.8 Å². The minimum Gasteiger partial charge on any atom is -0.409 e. The third-order valence-corrected chi connectivity index (χ3v) is 3.72. The van der Waals surface area contributed by atoms with Gasteiger partial charge in [0.1, 0.15) is 11.7 Å². The Morgan fingerprint density at radius 2 is 2.37 bits per heavy atom. The summed E-state index contributed by atoms with van der Waals surface area (Å²) in [5.74, 6) is -0.0462. The van der Waals surface area contributed by atoms with Crippen molar-refractivity contribution in [3.8, 4) is 0 Å². The number of hydrogen-bond donors (Lipinski definition) is 2. The first-order valence-corrected chi connectivity index (χ1v) is 6.61. The van der Waals surface area contributed by atoms with Gasteiger partial charge in [-0.1, -0.05) is 22.8 Å². The number of likely N-dealkylation sites (tertiary alicyclic amines) is 1. The molecule has 1 aliphatic heterocycles. The number of oxime groups is 1. The van der Waals surface area contributed by atoms with Gasteiger partial charge in [0.25, 0.3) is 0 Å². The highest BCUT2D eigenvalue weighted by atomic mass is 35.5. The Labute approximate surface area is 116 Å². The minimum absolute atomic E-state index is 0.0784.